The van der Waals surface area contributed by atoms with Crippen LogP contribution in [0.1, 0.15) is 5.56 Å². The van der Waals surface area contributed by atoms with Gasteiger partial charge < -0.3 is 19.5 Å². The van der Waals surface area contributed by atoms with Gasteiger partial charge in [-0.2, -0.15) is 0 Å². The number of benzene rings is 1. The zero-order valence-electron chi connectivity index (χ0n) is 8.44. The minimum Gasteiger partial charge on any atom is -0.497 e. The highest BCUT2D eigenvalue weighted by Gasteiger charge is 2.20. The molecule has 0 atom stereocenters. The van der Waals surface area contributed by atoms with E-state index in [0.717, 1.165) is 5.56 Å². The van der Waals surface area contributed by atoms with E-state index in [-0.39, 0.29) is 0 Å². The van der Waals surface area contributed by atoms with Crippen LogP contribution in [0.25, 0.3) is 0 Å². The highest BCUT2D eigenvalue weighted by molar-refractivity contribution is 6.59. The first-order valence-corrected chi connectivity index (χ1v) is 4.19. The van der Waals surface area contributed by atoms with Gasteiger partial charge in [0.05, 0.1) is 14.2 Å². The standard InChI is InChI=1S/C9H13BO4/c1-6-8(13-2)5-4-7(10(11)12)9(6)14-3/h4-5,11-12H,1-3H3. The second-order valence-electron chi connectivity index (χ2n) is 2.89. The second kappa shape index (κ2) is 4.35. The van der Waals surface area contributed by atoms with Gasteiger partial charge in [-0.3, -0.25) is 0 Å². The molecule has 0 radical (unpaired) electrons. The predicted molar refractivity (Wildman–Crippen MR) is 54.1 cm³/mol. The zero-order chi connectivity index (χ0) is 10.7. The lowest BCUT2D eigenvalue weighted by Gasteiger charge is -2.13. The topological polar surface area (TPSA) is 58.9 Å². The lowest BCUT2D eigenvalue weighted by Crippen LogP contribution is -2.31. The summed E-state index contributed by atoms with van der Waals surface area (Å²) in [7, 11) is 1.50. The predicted octanol–water partition coefficient (Wildman–Crippen LogP) is -0.308. The maximum absolute atomic E-state index is 9.06. The van der Waals surface area contributed by atoms with Crippen LogP contribution < -0.4 is 14.9 Å². The van der Waals surface area contributed by atoms with Crippen molar-refractivity contribution in [2.24, 2.45) is 0 Å². The van der Waals surface area contributed by atoms with Crippen LogP contribution in [0.3, 0.4) is 0 Å². The van der Waals surface area contributed by atoms with Crippen LogP contribution in [0.4, 0.5) is 0 Å². The zero-order valence-corrected chi connectivity index (χ0v) is 8.44. The van der Waals surface area contributed by atoms with Crippen LogP contribution in [0, 0.1) is 6.92 Å². The molecular weight excluding hydrogens is 183 g/mol. The molecule has 0 spiro atoms. The van der Waals surface area contributed by atoms with Crippen molar-refractivity contribution in [1.82, 2.24) is 0 Å². The molecule has 1 rings (SSSR count). The molecule has 14 heavy (non-hydrogen) atoms. The van der Waals surface area contributed by atoms with Gasteiger partial charge in [-0.1, -0.05) is 6.07 Å². The first-order chi connectivity index (χ1) is 6.61. The summed E-state index contributed by atoms with van der Waals surface area (Å²) in [6.07, 6.45) is 0. The monoisotopic (exact) mass is 196 g/mol. The molecule has 1 aromatic carbocycles. The van der Waals surface area contributed by atoms with Crippen molar-refractivity contribution >= 4 is 12.6 Å². The minimum atomic E-state index is -1.53. The maximum atomic E-state index is 9.06. The summed E-state index contributed by atoms with van der Waals surface area (Å²) in [5, 5.41) is 18.1. The highest BCUT2D eigenvalue weighted by Crippen LogP contribution is 2.25. The number of methoxy groups -OCH3 is 2. The molecule has 0 aromatic heterocycles. The van der Waals surface area contributed by atoms with Gasteiger partial charge in [0.25, 0.3) is 0 Å². The molecule has 0 heterocycles. The number of hydrogen-bond donors (Lipinski definition) is 2. The normalized spacial score (nSPS) is 9.79. The van der Waals surface area contributed by atoms with Crippen LogP contribution in [-0.4, -0.2) is 31.4 Å². The van der Waals surface area contributed by atoms with Crippen LogP contribution in [0.15, 0.2) is 12.1 Å². The highest BCUT2D eigenvalue weighted by atomic mass is 16.5. The van der Waals surface area contributed by atoms with Gasteiger partial charge >= 0.3 is 7.12 Å². The van der Waals surface area contributed by atoms with E-state index in [4.69, 9.17) is 19.5 Å². The molecule has 0 saturated heterocycles. The second-order valence-corrected chi connectivity index (χ2v) is 2.89. The average molecular weight is 196 g/mol. The smallest absolute Gasteiger partial charge is 0.492 e. The van der Waals surface area contributed by atoms with E-state index in [1.54, 1.807) is 26.2 Å². The van der Waals surface area contributed by atoms with Crippen molar-refractivity contribution in [3.8, 4) is 11.5 Å². The summed E-state index contributed by atoms with van der Waals surface area (Å²) in [6.45, 7) is 1.80. The van der Waals surface area contributed by atoms with Crippen molar-refractivity contribution in [3.05, 3.63) is 17.7 Å². The van der Waals surface area contributed by atoms with E-state index in [2.05, 4.69) is 0 Å². The summed E-state index contributed by atoms with van der Waals surface area (Å²) in [5.41, 5.74) is 1.09. The SMILES string of the molecule is COc1ccc(B(O)O)c(OC)c1C. The molecule has 0 aliphatic carbocycles. The average Bonchev–Trinajstić information content (AvgIpc) is 2.17. The molecule has 5 heteroatoms. The van der Waals surface area contributed by atoms with Gasteiger partial charge in [-0.25, -0.2) is 0 Å². The Bertz CT molecular complexity index is 325. The van der Waals surface area contributed by atoms with E-state index in [9.17, 15) is 0 Å². The largest absolute Gasteiger partial charge is 0.497 e. The van der Waals surface area contributed by atoms with E-state index in [0.29, 0.717) is 17.0 Å². The Morgan fingerprint density at radius 1 is 1.14 bits per heavy atom. The number of ether oxygens (including phenoxy) is 2. The Kier molecular flexibility index (Phi) is 3.38. The van der Waals surface area contributed by atoms with E-state index in [1.807, 2.05) is 0 Å². The van der Waals surface area contributed by atoms with Crippen LogP contribution >= 0.6 is 0 Å². The van der Waals surface area contributed by atoms with E-state index < -0.39 is 7.12 Å². The van der Waals surface area contributed by atoms with E-state index >= 15 is 0 Å². The third-order valence-electron chi connectivity index (χ3n) is 2.09. The first kappa shape index (κ1) is 10.9. The Labute approximate surface area is 83.2 Å². The fraction of sp³-hybridized carbons (Fsp3) is 0.333. The lowest BCUT2D eigenvalue weighted by atomic mass is 9.78. The number of hydrogen-bond acceptors (Lipinski definition) is 4. The molecule has 0 amide bonds. The summed E-state index contributed by atoms with van der Waals surface area (Å²) in [4.78, 5) is 0. The van der Waals surface area contributed by atoms with Gasteiger partial charge in [0.15, 0.2) is 0 Å². The molecule has 0 fully saturated rings. The maximum Gasteiger partial charge on any atom is 0.492 e. The van der Waals surface area contributed by atoms with Gasteiger partial charge in [0.2, 0.25) is 0 Å². The molecule has 76 valence electrons. The van der Waals surface area contributed by atoms with Crippen molar-refractivity contribution < 1.29 is 19.5 Å². The minimum absolute atomic E-state index is 0.339. The van der Waals surface area contributed by atoms with Crippen LogP contribution in [0.2, 0.25) is 0 Å². The molecule has 0 saturated carbocycles. The molecular formula is C9H13BO4. The summed E-state index contributed by atoms with van der Waals surface area (Å²) < 4.78 is 10.2. The molecule has 0 bridgehead atoms. The molecule has 0 aliphatic heterocycles. The van der Waals surface area contributed by atoms with Gasteiger partial charge in [-0.05, 0) is 13.0 Å². The third-order valence-corrected chi connectivity index (χ3v) is 2.09. The van der Waals surface area contributed by atoms with Gasteiger partial charge in [0, 0.05) is 11.0 Å². The Balaban J connectivity index is 3.28. The van der Waals surface area contributed by atoms with Crippen molar-refractivity contribution in [2.45, 2.75) is 6.92 Å². The summed E-state index contributed by atoms with van der Waals surface area (Å²) in [6, 6.07) is 3.24. The van der Waals surface area contributed by atoms with E-state index in [1.165, 1.54) is 7.11 Å². The molecule has 4 nitrogen and oxygen atoms in total. The van der Waals surface area contributed by atoms with Crippen molar-refractivity contribution in [1.29, 1.82) is 0 Å². The Morgan fingerprint density at radius 2 is 1.79 bits per heavy atom. The van der Waals surface area contributed by atoms with Crippen LogP contribution in [-0.2, 0) is 0 Å². The van der Waals surface area contributed by atoms with Gasteiger partial charge in [-0.15, -0.1) is 0 Å². The summed E-state index contributed by atoms with van der Waals surface area (Å²) in [5.74, 6) is 1.10. The fourth-order valence-electron chi connectivity index (χ4n) is 1.39. The first-order valence-electron chi connectivity index (χ1n) is 4.19. The molecule has 0 aliphatic rings. The fourth-order valence-corrected chi connectivity index (χ4v) is 1.39. The lowest BCUT2D eigenvalue weighted by molar-refractivity contribution is 0.385. The van der Waals surface area contributed by atoms with Gasteiger partial charge in [0.1, 0.15) is 11.5 Å². The van der Waals surface area contributed by atoms with Crippen LogP contribution in [0.5, 0.6) is 11.5 Å². The molecule has 1 aromatic rings. The van der Waals surface area contributed by atoms with Crippen molar-refractivity contribution in [2.75, 3.05) is 14.2 Å². The third kappa shape index (κ3) is 1.83. The Hall–Kier alpha value is -1.20. The summed E-state index contributed by atoms with van der Waals surface area (Å²) >= 11 is 0. The molecule has 2 N–H and O–H groups in total. The number of rotatable bonds is 3. The molecule has 0 unspecified atom stereocenters. The Morgan fingerprint density at radius 3 is 2.21 bits per heavy atom. The van der Waals surface area contributed by atoms with Crippen molar-refractivity contribution in [3.63, 3.8) is 0 Å². The quantitative estimate of drug-likeness (QED) is 0.651.